The van der Waals surface area contributed by atoms with E-state index in [1.807, 2.05) is 0 Å². The lowest BCUT2D eigenvalue weighted by Crippen LogP contribution is -2.36. The summed E-state index contributed by atoms with van der Waals surface area (Å²) in [7, 11) is 0. The van der Waals surface area contributed by atoms with Gasteiger partial charge < -0.3 is 5.11 Å². The zero-order valence-electron chi connectivity index (χ0n) is 8.80. The molecule has 0 radical (unpaired) electrons. The molecule has 0 saturated heterocycles. The molecule has 0 aliphatic heterocycles. The van der Waals surface area contributed by atoms with Crippen molar-refractivity contribution in [1.29, 1.82) is 0 Å². The molecule has 0 aromatic rings. The Morgan fingerprint density at radius 3 is 2.17 bits per heavy atom. The molecular formula is C11H22O. The lowest BCUT2D eigenvalue weighted by Gasteiger charge is -2.39. The Hall–Kier alpha value is -0.0400. The van der Waals surface area contributed by atoms with Crippen LogP contribution >= 0.6 is 0 Å². The van der Waals surface area contributed by atoms with Crippen LogP contribution in [0.4, 0.5) is 0 Å². The van der Waals surface area contributed by atoms with Crippen molar-refractivity contribution in [2.24, 2.45) is 17.3 Å². The molecule has 72 valence electrons. The summed E-state index contributed by atoms with van der Waals surface area (Å²) in [6.45, 7) is 8.94. The van der Waals surface area contributed by atoms with E-state index in [0.717, 1.165) is 12.3 Å². The zero-order valence-corrected chi connectivity index (χ0v) is 8.80. The van der Waals surface area contributed by atoms with Crippen LogP contribution in [0.25, 0.3) is 0 Å². The molecule has 1 nitrogen and oxygen atoms in total. The van der Waals surface area contributed by atoms with E-state index in [9.17, 15) is 5.11 Å². The van der Waals surface area contributed by atoms with E-state index in [1.165, 1.54) is 12.8 Å². The van der Waals surface area contributed by atoms with Gasteiger partial charge in [0.25, 0.3) is 0 Å². The van der Waals surface area contributed by atoms with Crippen LogP contribution in [0.3, 0.4) is 0 Å². The summed E-state index contributed by atoms with van der Waals surface area (Å²) in [4.78, 5) is 0. The molecule has 1 fully saturated rings. The van der Waals surface area contributed by atoms with Crippen LogP contribution in [0, 0.1) is 17.3 Å². The van der Waals surface area contributed by atoms with Gasteiger partial charge in [0, 0.05) is 0 Å². The van der Waals surface area contributed by atoms with Crippen molar-refractivity contribution in [2.75, 3.05) is 0 Å². The second-order valence-corrected chi connectivity index (χ2v) is 5.46. The SMILES string of the molecule is C[C@H]1CC[C@H](C(C)(C)C)[C@H](O)C1. The molecule has 0 amide bonds. The summed E-state index contributed by atoms with van der Waals surface area (Å²) in [5.74, 6) is 1.23. The van der Waals surface area contributed by atoms with Gasteiger partial charge in [0.05, 0.1) is 6.10 Å². The second kappa shape index (κ2) is 3.37. The summed E-state index contributed by atoms with van der Waals surface area (Å²) >= 11 is 0. The highest BCUT2D eigenvalue weighted by Crippen LogP contribution is 2.39. The maximum Gasteiger partial charge on any atom is 0.0575 e. The fraction of sp³-hybridized carbons (Fsp3) is 1.00. The lowest BCUT2D eigenvalue weighted by atomic mass is 9.68. The van der Waals surface area contributed by atoms with Crippen molar-refractivity contribution in [3.05, 3.63) is 0 Å². The van der Waals surface area contributed by atoms with Crippen molar-refractivity contribution < 1.29 is 5.11 Å². The maximum atomic E-state index is 9.87. The predicted molar refractivity (Wildman–Crippen MR) is 52.0 cm³/mol. The van der Waals surface area contributed by atoms with Gasteiger partial charge in [-0.15, -0.1) is 0 Å². The Bertz CT molecular complexity index is 146. The number of hydrogen-bond acceptors (Lipinski definition) is 1. The molecule has 0 aromatic carbocycles. The molecule has 1 saturated carbocycles. The van der Waals surface area contributed by atoms with Gasteiger partial charge >= 0.3 is 0 Å². The van der Waals surface area contributed by atoms with E-state index in [0.29, 0.717) is 5.92 Å². The number of rotatable bonds is 0. The first-order valence-electron chi connectivity index (χ1n) is 5.09. The minimum Gasteiger partial charge on any atom is -0.393 e. The highest BCUT2D eigenvalue weighted by Gasteiger charge is 2.34. The Balaban J connectivity index is 2.57. The molecule has 0 aromatic heterocycles. The first-order valence-corrected chi connectivity index (χ1v) is 5.09. The standard InChI is InChI=1S/C11H22O/c1-8-5-6-9(10(12)7-8)11(2,3)4/h8-10,12H,5-7H2,1-4H3/t8-,9-,10+/m0/s1. The van der Waals surface area contributed by atoms with Gasteiger partial charge in [-0.3, -0.25) is 0 Å². The Morgan fingerprint density at radius 1 is 1.17 bits per heavy atom. The Kier molecular flexibility index (Phi) is 2.82. The Labute approximate surface area is 76.2 Å². The van der Waals surface area contributed by atoms with Crippen molar-refractivity contribution in [1.82, 2.24) is 0 Å². The third kappa shape index (κ3) is 2.22. The van der Waals surface area contributed by atoms with Gasteiger partial charge in [0.1, 0.15) is 0 Å². The van der Waals surface area contributed by atoms with Gasteiger partial charge in [-0.05, 0) is 30.1 Å². The second-order valence-electron chi connectivity index (χ2n) is 5.46. The number of aliphatic hydroxyl groups is 1. The molecule has 0 heterocycles. The molecule has 0 unspecified atom stereocenters. The normalized spacial score (nSPS) is 38.2. The van der Waals surface area contributed by atoms with Gasteiger partial charge in [0.15, 0.2) is 0 Å². The molecule has 12 heavy (non-hydrogen) atoms. The molecule has 1 aliphatic carbocycles. The maximum absolute atomic E-state index is 9.87. The van der Waals surface area contributed by atoms with Gasteiger partial charge in [0.2, 0.25) is 0 Å². The van der Waals surface area contributed by atoms with Crippen LogP contribution in [0.15, 0.2) is 0 Å². The van der Waals surface area contributed by atoms with Gasteiger partial charge in [-0.2, -0.15) is 0 Å². The molecule has 1 aliphatic rings. The van der Waals surface area contributed by atoms with E-state index >= 15 is 0 Å². The highest BCUT2D eigenvalue weighted by molar-refractivity contribution is 4.85. The van der Waals surface area contributed by atoms with Gasteiger partial charge in [-0.1, -0.05) is 34.1 Å². The van der Waals surface area contributed by atoms with Crippen LogP contribution in [-0.2, 0) is 0 Å². The summed E-state index contributed by atoms with van der Waals surface area (Å²) in [6, 6.07) is 0. The van der Waals surface area contributed by atoms with Crippen molar-refractivity contribution in [3.8, 4) is 0 Å². The van der Waals surface area contributed by atoms with Crippen molar-refractivity contribution >= 4 is 0 Å². The monoisotopic (exact) mass is 170 g/mol. The quantitative estimate of drug-likeness (QED) is 0.592. The van der Waals surface area contributed by atoms with Crippen LogP contribution < -0.4 is 0 Å². The van der Waals surface area contributed by atoms with Crippen molar-refractivity contribution in [3.63, 3.8) is 0 Å². The lowest BCUT2D eigenvalue weighted by molar-refractivity contribution is -0.00549. The molecule has 1 N–H and O–H groups in total. The molecule has 1 rings (SSSR count). The molecule has 0 spiro atoms. The summed E-state index contributed by atoms with van der Waals surface area (Å²) in [5.41, 5.74) is 0.277. The van der Waals surface area contributed by atoms with E-state index < -0.39 is 0 Å². The fourth-order valence-electron chi connectivity index (χ4n) is 2.36. The average Bonchev–Trinajstić information content (AvgIpc) is 1.83. The largest absolute Gasteiger partial charge is 0.393 e. The third-order valence-electron chi connectivity index (χ3n) is 3.19. The topological polar surface area (TPSA) is 20.2 Å². The first kappa shape index (κ1) is 10.0. The zero-order chi connectivity index (χ0) is 9.35. The summed E-state index contributed by atoms with van der Waals surface area (Å²) < 4.78 is 0. The highest BCUT2D eigenvalue weighted by atomic mass is 16.3. The molecule has 0 bridgehead atoms. The van der Waals surface area contributed by atoms with E-state index in [1.54, 1.807) is 0 Å². The summed E-state index contributed by atoms with van der Waals surface area (Å²) in [5, 5.41) is 9.87. The third-order valence-corrected chi connectivity index (χ3v) is 3.19. The van der Waals surface area contributed by atoms with Crippen LogP contribution in [0.5, 0.6) is 0 Å². The van der Waals surface area contributed by atoms with E-state index in [4.69, 9.17) is 0 Å². The van der Waals surface area contributed by atoms with E-state index in [2.05, 4.69) is 27.7 Å². The average molecular weight is 170 g/mol. The first-order chi connectivity index (χ1) is 5.41. The molecular weight excluding hydrogens is 148 g/mol. The Morgan fingerprint density at radius 2 is 1.75 bits per heavy atom. The molecule has 3 atom stereocenters. The van der Waals surface area contributed by atoms with E-state index in [-0.39, 0.29) is 11.5 Å². The van der Waals surface area contributed by atoms with Crippen molar-refractivity contribution in [2.45, 2.75) is 53.1 Å². The molecule has 1 heteroatoms. The van der Waals surface area contributed by atoms with Gasteiger partial charge in [-0.25, -0.2) is 0 Å². The van der Waals surface area contributed by atoms with Crippen LogP contribution in [0.2, 0.25) is 0 Å². The fourth-order valence-corrected chi connectivity index (χ4v) is 2.36. The smallest absolute Gasteiger partial charge is 0.0575 e. The summed E-state index contributed by atoms with van der Waals surface area (Å²) in [6.07, 6.45) is 3.43. The number of aliphatic hydroxyl groups excluding tert-OH is 1. The minimum atomic E-state index is -0.0613. The minimum absolute atomic E-state index is 0.0613. The van der Waals surface area contributed by atoms with Crippen LogP contribution in [-0.4, -0.2) is 11.2 Å². The van der Waals surface area contributed by atoms with Crippen LogP contribution in [0.1, 0.15) is 47.0 Å². The predicted octanol–water partition coefficient (Wildman–Crippen LogP) is 2.83. The number of hydrogen-bond donors (Lipinski definition) is 1.